The maximum absolute atomic E-state index is 16.9. The summed E-state index contributed by atoms with van der Waals surface area (Å²) in [7, 11) is 4.11. The molecule has 0 N–H and O–H groups in total. The molecule has 2 fully saturated rings. The van der Waals surface area contributed by atoms with Crippen LogP contribution in [0, 0.1) is 12.7 Å². The Morgan fingerprint density at radius 3 is 2.48 bits per heavy atom. The smallest absolute Gasteiger partial charge is 0.410 e. The first kappa shape index (κ1) is 30.7. The number of likely N-dealkylation sites (N-methyl/N-ethyl adjacent to an activating group) is 1. The quantitative estimate of drug-likeness (QED) is 0.248. The number of aromatic nitrogens is 3. The number of carbonyl (C=O) groups is 1. The zero-order valence-corrected chi connectivity index (χ0v) is 28.1. The highest BCUT2D eigenvalue weighted by atomic mass is 35.5. The number of piperazine rings is 1. The van der Waals surface area contributed by atoms with E-state index in [1.807, 2.05) is 53.7 Å². The van der Waals surface area contributed by atoms with E-state index in [2.05, 4.69) is 33.2 Å². The fourth-order valence-electron chi connectivity index (χ4n) is 6.08. The van der Waals surface area contributed by atoms with Gasteiger partial charge in [0.1, 0.15) is 16.9 Å². The van der Waals surface area contributed by atoms with Crippen molar-refractivity contribution in [1.29, 1.82) is 0 Å². The van der Waals surface area contributed by atoms with E-state index in [4.69, 9.17) is 26.3 Å². The number of hydrogen-bond donors (Lipinski definition) is 0. The van der Waals surface area contributed by atoms with E-state index in [0.29, 0.717) is 46.9 Å². The van der Waals surface area contributed by atoms with Crippen LogP contribution in [-0.4, -0.2) is 94.2 Å². The second-order valence-corrected chi connectivity index (χ2v) is 14.5. The minimum Gasteiger partial charge on any atom is -0.444 e. The molecule has 1 amide bonds. The molecule has 12 heteroatoms. The van der Waals surface area contributed by atoms with E-state index >= 15 is 4.39 Å². The highest BCUT2D eigenvalue weighted by Crippen LogP contribution is 2.43. The highest BCUT2D eigenvalue weighted by Gasteiger charge is 2.38. The van der Waals surface area contributed by atoms with Crippen LogP contribution in [0.15, 0.2) is 24.4 Å². The van der Waals surface area contributed by atoms with Gasteiger partial charge >= 0.3 is 6.09 Å². The summed E-state index contributed by atoms with van der Waals surface area (Å²) in [6.45, 7) is 14.0. The van der Waals surface area contributed by atoms with E-state index in [0.717, 1.165) is 34.3 Å². The standard InChI is InChI=1S/C32H39ClFN7O2S/c1-17-9-10-24-22(12-35-44-24)25(17)26-23(33)11-21-28(27(26)34)36-30(39-15-20(16-39)38(7)8)37-29(21)40-13-19(3)41(14-18(40)2)31(42)43-32(4,5)6/h9-12,18-20H,13-16H2,1-8H3. The van der Waals surface area contributed by atoms with E-state index in [-0.39, 0.29) is 23.7 Å². The van der Waals surface area contributed by atoms with Crippen molar-refractivity contribution in [3.63, 3.8) is 0 Å². The van der Waals surface area contributed by atoms with Crippen molar-refractivity contribution in [3.8, 4) is 11.1 Å². The van der Waals surface area contributed by atoms with Gasteiger partial charge in [0, 0.05) is 66.8 Å². The first-order chi connectivity index (χ1) is 20.7. The Morgan fingerprint density at radius 2 is 1.80 bits per heavy atom. The number of nitrogens with zero attached hydrogens (tertiary/aromatic N) is 7. The van der Waals surface area contributed by atoms with Gasteiger partial charge in [0.2, 0.25) is 5.95 Å². The van der Waals surface area contributed by atoms with Gasteiger partial charge in [0.15, 0.2) is 5.82 Å². The van der Waals surface area contributed by atoms with Crippen LogP contribution >= 0.6 is 23.1 Å². The highest BCUT2D eigenvalue weighted by molar-refractivity contribution is 7.13. The van der Waals surface area contributed by atoms with Crippen molar-refractivity contribution in [3.05, 3.63) is 40.8 Å². The maximum Gasteiger partial charge on any atom is 0.410 e. The molecule has 2 aromatic heterocycles. The van der Waals surface area contributed by atoms with Crippen LogP contribution in [-0.2, 0) is 4.74 Å². The second-order valence-electron chi connectivity index (χ2n) is 13.3. The third kappa shape index (κ3) is 5.43. The van der Waals surface area contributed by atoms with Crippen LogP contribution in [0.2, 0.25) is 5.02 Å². The van der Waals surface area contributed by atoms with Gasteiger partial charge in [-0.1, -0.05) is 17.7 Å². The Hall–Kier alpha value is -3.28. The Morgan fingerprint density at radius 1 is 1.07 bits per heavy atom. The van der Waals surface area contributed by atoms with E-state index < -0.39 is 11.4 Å². The lowest BCUT2D eigenvalue weighted by atomic mass is 9.95. The van der Waals surface area contributed by atoms with Gasteiger partial charge in [-0.05, 0) is 90.4 Å². The SMILES string of the molecule is Cc1ccc2sncc2c1-c1c(Cl)cc2c(N3CC(C)N(C(=O)OC(C)(C)C)CC3C)nc(N3CC(N(C)C)C3)nc2c1F. The van der Waals surface area contributed by atoms with Gasteiger partial charge in [-0.25, -0.2) is 14.2 Å². The average molecular weight is 640 g/mol. The van der Waals surface area contributed by atoms with Crippen molar-refractivity contribution in [2.24, 2.45) is 0 Å². The molecule has 0 radical (unpaired) electrons. The minimum atomic E-state index is -0.593. The number of anilines is 2. The van der Waals surface area contributed by atoms with E-state index in [1.54, 1.807) is 17.2 Å². The molecule has 2 aromatic carbocycles. The van der Waals surface area contributed by atoms with E-state index in [9.17, 15) is 4.79 Å². The normalized spacial score (nSPS) is 19.8. The van der Waals surface area contributed by atoms with Crippen LogP contribution in [0.4, 0.5) is 21.0 Å². The monoisotopic (exact) mass is 639 g/mol. The van der Waals surface area contributed by atoms with Gasteiger partial charge in [-0.15, -0.1) is 0 Å². The number of fused-ring (bicyclic) bond motifs is 2. The summed E-state index contributed by atoms with van der Waals surface area (Å²) in [6.07, 6.45) is 1.43. The first-order valence-electron chi connectivity index (χ1n) is 14.9. The third-order valence-corrected chi connectivity index (χ3v) is 9.67. The number of aryl methyl sites for hydroxylation is 1. The van der Waals surface area contributed by atoms with Gasteiger partial charge in [0.05, 0.1) is 9.72 Å². The number of hydrogen-bond acceptors (Lipinski definition) is 9. The van der Waals surface area contributed by atoms with Crippen LogP contribution in [0.1, 0.15) is 40.2 Å². The molecule has 9 nitrogen and oxygen atoms in total. The molecule has 0 aliphatic carbocycles. The molecule has 2 saturated heterocycles. The van der Waals surface area contributed by atoms with Crippen LogP contribution in [0.25, 0.3) is 32.1 Å². The number of halogens is 2. The zero-order valence-electron chi connectivity index (χ0n) is 26.5. The molecule has 0 saturated carbocycles. The fraction of sp³-hybridized carbons (Fsp3) is 0.500. The molecule has 2 aliphatic heterocycles. The molecule has 0 spiro atoms. The molecule has 2 unspecified atom stereocenters. The summed E-state index contributed by atoms with van der Waals surface area (Å²) >= 11 is 8.33. The summed E-state index contributed by atoms with van der Waals surface area (Å²) < 4.78 is 27.9. The van der Waals surface area contributed by atoms with Crippen LogP contribution in [0.3, 0.4) is 0 Å². The molecule has 2 atom stereocenters. The topological polar surface area (TPSA) is 77.9 Å². The number of ether oxygens (including phenoxy) is 1. The van der Waals surface area contributed by atoms with Crippen molar-refractivity contribution in [2.75, 3.05) is 50.1 Å². The van der Waals surface area contributed by atoms with Gasteiger partial charge in [-0.2, -0.15) is 9.36 Å². The summed E-state index contributed by atoms with van der Waals surface area (Å²) in [5, 5.41) is 1.70. The van der Waals surface area contributed by atoms with Gasteiger partial charge in [0.25, 0.3) is 0 Å². The Balaban J connectivity index is 1.48. The lowest BCUT2D eigenvalue weighted by molar-refractivity contribution is 0.0130. The average Bonchev–Trinajstić information content (AvgIpc) is 3.38. The summed E-state index contributed by atoms with van der Waals surface area (Å²) in [5.74, 6) is 0.622. The Kier molecular flexibility index (Phi) is 7.87. The van der Waals surface area contributed by atoms with Crippen LogP contribution in [0.5, 0.6) is 0 Å². The molecule has 234 valence electrons. The molecule has 2 aliphatic rings. The molecular weight excluding hydrogens is 601 g/mol. The predicted octanol–water partition coefficient (Wildman–Crippen LogP) is 6.59. The molecule has 6 rings (SSSR count). The van der Waals surface area contributed by atoms with Crippen molar-refractivity contribution in [1.82, 2.24) is 24.1 Å². The second kappa shape index (κ2) is 11.3. The molecule has 44 heavy (non-hydrogen) atoms. The first-order valence-corrected chi connectivity index (χ1v) is 16.1. The predicted molar refractivity (Wildman–Crippen MR) is 177 cm³/mol. The van der Waals surface area contributed by atoms with Crippen molar-refractivity contribution < 1.29 is 13.9 Å². The number of amides is 1. The third-order valence-electron chi connectivity index (χ3n) is 8.61. The fourth-order valence-corrected chi connectivity index (χ4v) is 7.02. The largest absolute Gasteiger partial charge is 0.444 e. The molecular formula is C32H39ClFN7O2S. The van der Waals surface area contributed by atoms with Gasteiger partial charge in [-0.3, -0.25) is 0 Å². The maximum atomic E-state index is 16.9. The molecule has 4 heterocycles. The van der Waals surface area contributed by atoms with Gasteiger partial charge < -0.3 is 24.3 Å². The Labute approximate surface area is 266 Å². The molecule has 0 bridgehead atoms. The summed E-state index contributed by atoms with van der Waals surface area (Å²) in [6, 6.07) is 5.85. The molecule has 4 aromatic rings. The van der Waals surface area contributed by atoms with Crippen LogP contribution < -0.4 is 9.80 Å². The number of benzene rings is 2. The van der Waals surface area contributed by atoms with Crippen molar-refractivity contribution >= 4 is 62.0 Å². The number of carbonyl (C=O) groups excluding carboxylic acids is 1. The zero-order chi connectivity index (χ0) is 31.7. The van der Waals surface area contributed by atoms with E-state index in [1.165, 1.54) is 11.5 Å². The minimum absolute atomic E-state index is 0.120. The summed E-state index contributed by atoms with van der Waals surface area (Å²) in [4.78, 5) is 31.1. The Bertz CT molecular complexity index is 1750. The van der Waals surface area contributed by atoms with Crippen molar-refractivity contribution in [2.45, 2.75) is 65.3 Å². The lowest BCUT2D eigenvalue weighted by Crippen LogP contribution is -2.59. The summed E-state index contributed by atoms with van der Waals surface area (Å²) in [5.41, 5.74) is 1.59. The lowest BCUT2D eigenvalue weighted by Gasteiger charge is -2.46. The number of rotatable bonds is 4.